The molecule has 0 unspecified atom stereocenters. The first-order valence-electron chi connectivity index (χ1n) is 5.25. The number of carbonyl (C=O) groups excluding carboxylic acids is 2. The molecule has 2 amide bonds. The molecular weight excluding hydrogens is 361 g/mol. The van der Waals surface area contributed by atoms with Gasteiger partial charge in [-0.25, -0.2) is 0 Å². The summed E-state index contributed by atoms with van der Waals surface area (Å²) in [6.45, 7) is 1.28. The van der Waals surface area contributed by atoms with Gasteiger partial charge < -0.3 is 10.6 Å². The number of halogens is 4. The van der Waals surface area contributed by atoms with E-state index in [2.05, 4.69) is 26.6 Å². The number of alkyl halides is 3. The Labute approximate surface area is 125 Å². The van der Waals surface area contributed by atoms with Crippen LogP contribution in [0, 0.1) is 0 Å². The van der Waals surface area contributed by atoms with Crippen molar-refractivity contribution in [2.75, 3.05) is 16.4 Å². The van der Waals surface area contributed by atoms with Crippen LogP contribution in [-0.2, 0) is 9.59 Å². The first kappa shape index (κ1) is 16.8. The van der Waals surface area contributed by atoms with Crippen molar-refractivity contribution in [2.45, 2.75) is 12.4 Å². The molecule has 110 valence electrons. The average molecular weight is 371 g/mol. The Kier molecular flexibility index (Phi) is 5.88. The van der Waals surface area contributed by atoms with Gasteiger partial charge in [0.25, 0.3) is 0 Å². The lowest BCUT2D eigenvalue weighted by atomic mass is 10.2. The summed E-state index contributed by atoms with van der Waals surface area (Å²) in [6, 6.07) is 4.64. The lowest BCUT2D eigenvalue weighted by Gasteiger charge is -2.12. The van der Waals surface area contributed by atoms with Crippen molar-refractivity contribution in [3.63, 3.8) is 0 Å². The number of anilines is 2. The average Bonchev–Trinajstić information content (AvgIpc) is 2.29. The van der Waals surface area contributed by atoms with Crippen molar-refractivity contribution in [2.24, 2.45) is 0 Å². The zero-order chi connectivity index (χ0) is 15.3. The molecule has 0 fully saturated rings. The minimum atomic E-state index is -4.46. The summed E-state index contributed by atoms with van der Waals surface area (Å²) in [7, 11) is 0. The Morgan fingerprint density at radius 3 is 2.45 bits per heavy atom. The molecule has 4 nitrogen and oxygen atoms in total. The molecular formula is C11H10BrF3N2O2S. The van der Waals surface area contributed by atoms with Crippen LogP contribution in [0.25, 0.3) is 0 Å². The second-order valence-electron chi connectivity index (χ2n) is 3.65. The molecule has 2 N–H and O–H groups in total. The summed E-state index contributed by atoms with van der Waals surface area (Å²) < 4.78 is 36.6. The van der Waals surface area contributed by atoms with Crippen LogP contribution in [0.4, 0.5) is 24.5 Å². The highest BCUT2D eigenvalue weighted by atomic mass is 79.9. The Bertz CT molecular complexity index is 523. The summed E-state index contributed by atoms with van der Waals surface area (Å²) >= 11 is 2.75. The Hall–Kier alpha value is -1.22. The van der Waals surface area contributed by atoms with Gasteiger partial charge >= 0.3 is 5.51 Å². The zero-order valence-corrected chi connectivity index (χ0v) is 12.6. The van der Waals surface area contributed by atoms with Crippen LogP contribution in [0.5, 0.6) is 0 Å². The van der Waals surface area contributed by atoms with Gasteiger partial charge in [0.2, 0.25) is 11.8 Å². The number of nitrogens with one attached hydrogen (secondary N) is 2. The maximum atomic E-state index is 12.0. The first-order valence-corrected chi connectivity index (χ1v) is 7.03. The summed E-state index contributed by atoms with van der Waals surface area (Å²) in [5, 5.41) is 4.80. The third-order valence-corrected chi connectivity index (χ3v) is 3.16. The molecule has 9 heteroatoms. The molecule has 1 aromatic rings. The van der Waals surface area contributed by atoms with E-state index in [1.807, 2.05) is 0 Å². The van der Waals surface area contributed by atoms with Gasteiger partial charge in [-0.2, -0.15) is 13.2 Å². The molecule has 0 spiro atoms. The van der Waals surface area contributed by atoms with Crippen molar-refractivity contribution >= 4 is 50.9 Å². The number of benzene rings is 1. The van der Waals surface area contributed by atoms with Crippen molar-refractivity contribution in [3.8, 4) is 0 Å². The van der Waals surface area contributed by atoms with E-state index in [0.29, 0.717) is 10.2 Å². The highest BCUT2D eigenvalue weighted by Gasteiger charge is 2.29. The topological polar surface area (TPSA) is 58.2 Å². The molecule has 0 radical (unpaired) electrons. The van der Waals surface area contributed by atoms with Gasteiger partial charge in [0.15, 0.2) is 0 Å². The molecule has 20 heavy (non-hydrogen) atoms. The SMILES string of the molecule is CC(=O)Nc1ccc(Br)cc1NC(=O)CSC(F)(F)F. The van der Waals surface area contributed by atoms with Crippen LogP contribution in [0.1, 0.15) is 6.92 Å². The van der Waals surface area contributed by atoms with E-state index >= 15 is 0 Å². The summed E-state index contributed by atoms with van der Waals surface area (Å²) in [5.41, 5.74) is -3.93. The minimum absolute atomic E-state index is 0.224. The van der Waals surface area contributed by atoms with Crippen LogP contribution in [-0.4, -0.2) is 23.1 Å². The molecule has 0 heterocycles. The van der Waals surface area contributed by atoms with Crippen LogP contribution in [0.2, 0.25) is 0 Å². The largest absolute Gasteiger partial charge is 0.442 e. The first-order chi connectivity index (χ1) is 9.17. The molecule has 0 bridgehead atoms. The van der Waals surface area contributed by atoms with E-state index in [9.17, 15) is 22.8 Å². The van der Waals surface area contributed by atoms with Gasteiger partial charge in [-0.15, -0.1) is 0 Å². The van der Waals surface area contributed by atoms with Gasteiger partial charge in [-0.3, -0.25) is 9.59 Å². The standard InChI is InChI=1S/C11H10BrF3N2O2S/c1-6(18)16-8-3-2-7(12)4-9(8)17-10(19)5-20-11(13,14)15/h2-4H,5H2,1H3,(H,16,18)(H,17,19). The number of hydrogen-bond donors (Lipinski definition) is 2. The summed E-state index contributed by atoms with van der Waals surface area (Å²) in [4.78, 5) is 22.5. The highest BCUT2D eigenvalue weighted by Crippen LogP contribution is 2.31. The van der Waals surface area contributed by atoms with Gasteiger partial charge in [-0.1, -0.05) is 15.9 Å². The fourth-order valence-corrected chi connectivity index (χ4v) is 1.98. The van der Waals surface area contributed by atoms with Crippen molar-refractivity contribution < 1.29 is 22.8 Å². The maximum Gasteiger partial charge on any atom is 0.442 e. The number of thioether (sulfide) groups is 1. The van der Waals surface area contributed by atoms with Crippen LogP contribution < -0.4 is 10.6 Å². The van der Waals surface area contributed by atoms with Crippen molar-refractivity contribution in [3.05, 3.63) is 22.7 Å². The number of amides is 2. The molecule has 0 saturated heterocycles. The number of carbonyl (C=O) groups is 2. The molecule has 1 aromatic carbocycles. The molecule has 1 rings (SSSR count). The van der Waals surface area contributed by atoms with E-state index < -0.39 is 28.9 Å². The third-order valence-electron chi connectivity index (χ3n) is 1.93. The zero-order valence-electron chi connectivity index (χ0n) is 10.2. The van der Waals surface area contributed by atoms with Gasteiger partial charge in [0.1, 0.15) is 0 Å². The lowest BCUT2D eigenvalue weighted by molar-refractivity contribution is -0.115. The molecule has 0 aliphatic heterocycles. The Balaban J connectivity index is 2.77. The second kappa shape index (κ2) is 6.98. The summed E-state index contributed by atoms with van der Waals surface area (Å²) in [5.74, 6) is -1.92. The Morgan fingerprint density at radius 1 is 1.25 bits per heavy atom. The lowest BCUT2D eigenvalue weighted by Crippen LogP contribution is -2.18. The van der Waals surface area contributed by atoms with Gasteiger partial charge in [0, 0.05) is 11.4 Å². The number of rotatable bonds is 4. The highest BCUT2D eigenvalue weighted by molar-refractivity contribution is 9.10. The van der Waals surface area contributed by atoms with E-state index in [1.165, 1.54) is 19.1 Å². The summed E-state index contributed by atoms with van der Waals surface area (Å²) in [6.07, 6.45) is 0. The molecule has 0 aliphatic rings. The molecule has 0 aliphatic carbocycles. The molecule has 0 aromatic heterocycles. The Morgan fingerprint density at radius 2 is 1.90 bits per heavy atom. The van der Waals surface area contributed by atoms with E-state index in [1.54, 1.807) is 6.07 Å². The van der Waals surface area contributed by atoms with Crippen LogP contribution >= 0.6 is 27.7 Å². The van der Waals surface area contributed by atoms with Crippen LogP contribution in [0.15, 0.2) is 22.7 Å². The fraction of sp³-hybridized carbons (Fsp3) is 0.273. The monoisotopic (exact) mass is 370 g/mol. The number of hydrogen-bond acceptors (Lipinski definition) is 3. The van der Waals surface area contributed by atoms with Gasteiger partial charge in [-0.05, 0) is 30.0 Å². The van der Waals surface area contributed by atoms with Crippen molar-refractivity contribution in [1.29, 1.82) is 0 Å². The minimum Gasteiger partial charge on any atom is -0.325 e. The fourth-order valence-electron chi connectivity index (χ4n) is 1.25. The quantitative estimate of drug-likeness (QED) is 0.851. The van der Waals surface area contributed by atoms with E-state index in [4.69, 9.17) is 0 Å². The second-order valence-corrected chi connectivity index (χ2v) is 5.61. The van der Waals surface area contributed by atoms with E-state index in [-0.39, 0.29) is 11.6 Å². The predicted octanol–water partition coefficient (Wildman–Crippen LogP) is 3.60. The van der Waals surface area contributed by atoms with E-state index in [0.717, 1.165) is 0 Å². The molecule has 0 atom stereocenters. The van der Waals surface area contributed by atoms with Crippen LogP contribution in [0.3, 0.4) is 0 Å². The third kappa shape index (κ3) is 6.29. The van der Waals surface area contributed by atoms with Gasteiger partial charge in [0.05, 0.1) is 17.1 Å². The maximum absolute atomic E-state index is 12.0. The normalized spacial score (nSPS) is 11.1. The van der Waals surface area contributed by atoms with Crippen molar-refractivity contribution in [1.82, 2.24) is 0 Å². The molecule has 0 saturated carbocycles. The smallest absolute Gasteiger partial charge is 0.325 e. The predicted molar refractivity (Wildman–Crippen MR) is 75.6 cm³/mol.